The number of rotatable bonds is 8. The van der Waals surface area contributed by atoms with Crippen LogP contribution < -0.4 is 14.8 Å². The van der Waals surface area contributed by atoms with Gasteiger partial charge in [-0.15, -0.1) is 10.2 Å². The SMILES string of the molecule is COc1cc(CSc2nnc(NC(=O)CC(C)C)s2)cc(OC)c1. The van der Waals surface area contributed by atoms with Crippen LogP contribution in [0.3, 0.4) is 0 Å². The first-order valence-corrected chi connectivity index (χ1v) is 9.28. The fourth-order valence-electron chi connectivity index (χ4n) is 1.95. The third-order valence-corrected chi connectivity index (χ3v) is 5.06. The number of anilines is 1. The zero-order valence-electron chi connectivity index (χ0n) is 14.2. The summed E-state index contributed by atoms with van der Waals surface area (Å²) in [6.07, 6.45) is 0.478. The Bertz CT molecular complexity index is 667. The number of aromatic nitrogens is 2. The summed E-state index contributed by atoms with van der Waals surface area (Å²) in [5.74, 6) is 2.50. The Kier molecular flexibility index (Phi) is 6.86. The number of thioether (sulfide) groups is 1. The molecule has 8 heteroatoms. The largest absolute Gasteiger partial charge is 0.497 e. The van der Waals surface area contributed by atoms with Gasteiger partial charge in [0.25, 0.3) is 0 Å². The molecular weight excluding hydrogens is 346 g/mol. The highest BCUT2D eigenvalue weighted by Crippen LogP contribution is 2.31. The van der Waals surface area contributed by atoms with Crippen LogP contribution >= 0.6 is 23.1 Å². The molecule has 1 amide bonds. The molecule has 0 radical (unpaired) electrons. The maximum Gasteiger partial charge on any atom is 0.226 e. The molecule has 0 unspecified atom stereocenters. The van der Waals surface area contributed by atoms with E-state index in [0.29, 0.717) is 23.2 Å². The smallest absolute Gasteiger partial charge is 0.226 e. The Morgan fingerprint density at radius 3 is 2.46 bits per heavy atom. The molecule has 0 aliphatic rings. The van der Waals surface area contributed by atoms with Crippen LogP contribution in [-0.2, 0) is 10.5 Å². The van der Waals surface area contributed by atoms with Gasteiger partial charge in [-0.05, 0) is 23.6 Å². The molecular formula is C16H21N3O3S2. The molecule has 24 heavy (non-hydrogen) atoms. The van der Waals surface area contributed by atoms with E-state index in [0.717, 1.165) is 21.4 Å². The fraction of sp³-hybridized carbons (Fsp3) is 0.438. The molecule has 1 aromatic carbocycles. The normalized spacial score (nSPS) is 10.7. The van der Waals surface area contributed by atoms with E-state index >= 15 is 0 Å². The Labute approximate surface area is 150 Å². The van der Waals surface area contributed by atoms with Crippen LogP contribution in [0.15, 0.2) is 22.5 Å². The predicted octanol–water partition coefficient (Wildman–Crippen LogP) is 3.83. The van der Waals surface area contributed by atoms with Crippen molar-refractivity contribution in [2.24, 2.45) is 5.92 Å². The van der Waals surface area contributed by atoms with E-state index in [1.54, 1.807) is 26.0 Å². The van der Waals surface area contributed by atoms with Gasteiger partial charge >= 0.3 is 0 Å². The van der Waals surface area contributed by atoms with E-state index in [2.05, 4.69) is 15.5 Å². The molecule has 1 aromatic heterocycles. The summed E-state index contributed by atoms with van der Waals surface area (Å²) < 4.78 is 11.3. The van der Waals surface area contributed by atoms with Crippen molar-refractivity contribution in [2.75, 3.05) is 19.5 Å². The summed E-state index contributed by atoms with van der Waals surface area (Å²) in [5.41, 5.74) is 1.07. The number of nitrogens with zero attached hydrogens (tertiary/aromatic N) is 2. The van der Waals surface area contributed by atoms with Crippen molar-refractivity contribution < 1.29 is 14.3 Å². The van der Waals surface area contributed by atoms with E-state index in [1.165, 1.54) is 11.3 Å². The van der Waals surface area contributed by atoms with Gasteiger partial charge in [-0.1, -0.05) is 36.9 Å². The second-order valence-corrected chi connectivity index (χ2v) is 7.73. The molecule has 6 nitrogen and oxygen atoms in total. The van der Waals surface area contributed by atoms with Gasteiger partial charge in [-0.25, -0.2) is 0 Å². The Balaban J connectivity index is 1.94. The van der Waals surface area contributed by atoms with E-state index < -0.39 is 0 Å². The third kappa shape index (κ3) is 5.68. The standard InChI is InChI=1S/C16H21N3O3S2/c1-10(2)5-14(20)17-15-18-19-16(24-15)23-9-11-6-12(21-3)8-13(7-11)22-4/h6-8,10H,5,9H2,1-4H3,(H,17,18,20). The molecule has 1 N–H and O–H groups in total. The van der Waals surface area contributed by atoms with Gasteiger partial charge < -0.3 is 14.8 Å². The molecule has 0 saturated heterocycles. The quantitative estimate of drug-likeness (QED) is 0.565. The molecule has 0 saturated carbocycles. The van der Waals surface area contributed by atoms with Crippen LogP contribution in [0.4, 0.5) is 5.13 Å². The van der Waals surface area contributed by atoms with Gasteiger partial charge in [0.05, 0.1) is 14.2 Å². The Morgan fingerprint density at radius 2 is 1.88 bits per heavy atom. The number of benzene rings is 1. The van der Waals surface area contributed by atoms with E-state index in [9.17, 15) is 4.79 Å². The van der Waals surface area contributed by atoms with Crippen LogP contribution in [0.5, 0.6) is 11.5 Å². The summed E-state index contributed by atoms with van der Waals surface area (Å²) in [6, 6.07) is 5.76. The minimum atomic E-state index is -0.0322. The molecule has 0 aliphatic carbocycles. The average molecular weight is 367 g/mol. The molecule has 0 aliphatic heterocycles. The molecule has 1 heterocycles. The molecule has 0 spiro atoms. The number of hydrogen-bond donors (Lipinski definition) is 1. The molecule has 0 fully saturated rings. The first-order chi connectivity index (χ1) is 11.5. The summed E-state index contributed by atoms with van der Waals surface area (Å²) >= 11 is 2.93. The van der Waals surface area contributed by atoms with Crippen LogP contribution in [0.2, 0.25) is 0 Å². The third-order valence-electron chi connectivity index (χ3n) is 3.02. The van der Waals surface area contributed by atoms with E-state index in [1.807, 2.05) is 32.0 Å². The van der Waals surface area contributed by atoms with Gasteiger partial charge in [0.2, 0.25) is 11.0 Å². The van der Waals surface area contributed by atoms with Crippen molar-refractivity contribution >= 4 is 34.1 Å². The molecule has 0 bridgehead atoms. The van der Waals surface area contributed by atoms with Crippen LogP contribution in [0.1, 0.15) is 25.8 Å². The first-order valence-electron chi connectivity index (χ1n) is 7.48. The molecule has 130 valence electrons. The highest BCUT2D eigenvalue weighted by atomic mass is 32.2. The maximum atomic E-state index is 11.7. The van der Waals surface area contributed by atoms with Crippen LogP contribution in [-0.4, -0.2) is 30.3 Å². The van der Waals surface area contributed by atoms with Gasteiger partial charge in [-0.3, -0.25) is 4.79 Å². The van der Waals surface area contributed by atoms with Crippen molar-refractivity contribution in [3.63, 3.8) is 0 Å². The highest BCUT2D eigenvalue weighted by molar-refractivity contribution is 8.00. The van der Waals surface area contributed by atoms with Crippen molar-refractivity contribution in [3.8, 4) is 11.5 Å². The van der Waals surface area contributed by atoms with E-state index in [4.69, 9.17) is 9.47 Å². The van der Waals surface area contributed by atoms with Crippen molar-refractivity contribution in [3.05, 3.63) is 23.8 Å². The number of methoxy groups -OCH3 is 2. The van der Waals surface area contributed by atoms with Crippen molar-refractivity contribution in [1.29, 1.82) is 0 Å². The average Bonchev–Trinajstić information content (AvgIpc) is 2.99. The molecule has 0 atom stereocenters. The van der Waals surface area contributed by atoms with Gasteiger partial charge in [0.15, 0.2) is 4.34 Å². The maximum absolute atomic E-state index is 11.7. The van der Waals surface area contributed by atoms with Crippen molar-refractivity contribution in [1.82, 2.24) is 10.2 Å². The Hall–Kier alpha value is -1.80. The van der Waals surface area contributed by atoms with Crippen molar-refractivity contribution in [2.45, 2.75) is 30.4 Å². The van der Waals surface area contributed by atoms with Gasteiger partial charge in [0, 0.05) is 18.2 Å². The lowest BCUT2D eigenvalue weighted by atomic mass is 10.1. The monoisotopic (exact) mass is 367 g/mol. The second-order valence-electron chi connectivity index (χ2n) is 5.53. The zero-order chi connectivity index (χ0) is 17.5. The fourth-order valence-corrected chi connectivity index (χ4v) is 3.65. The molecule has 2 rings (SSSR count). The number of nitrogens with one attached hydrogen (secondary N) is 1. The van der Waals surface area contributed by atoms with Gasteiger partial charge in [0.1, 0.15) is 11.5 Å². The number of hydrogen-bond acceptors (Lipinski definition) is 7. The number of carbonyl (C=O) groups excluding carboxylic acids is 1. The summed E-state index contributed by atoms with van der Waals surface area (Å²) in [6.45, 7) is 4.01. The first kappa shape index (κ1) is 18.5. The summed E-state index contributed by atoms with van der Waals surface area (Å²) in [5, 5.41) is 11.4. The lowest BCUT2D eigenvalue weighted by molar-refractivity contribution is -0.116. The zero-order valence-corrected chi connectivity index (χ0v) is 15.8. The second kappa shape index (κ2) is 8.89. The number of amides is 1. The predicted molar refractivity (Wildman–Crippen MR) is 97.1 cm³/mol. The minimum Gasteiger partial charge on any atom is -0.497 e. The van der Waals surface area contributed by atoms with E-state index in [-0.39, 0.29) is 5.91 Å². The van der Waals surface area contributed by atoms with Crippen LogP contribution in [0.25, 0.3) is 0 Å². The highest BCUT2D eigenvalue weighted by Gasteiger charge is 2.11. The van der Waals surface area contributed by atoms with Crippen LogP contribution in [0, 0.1) is 5.92 Å². The molecule has 2 aromatic rings. The Morgan fingerprint density at radius 1 is 1.21 bits per heavy atom. The topological polar surface area (TPSA) is 73.3 Å². The number of ether oxygens (including phenoxy) is 2. The minimum absolute atomic E-state index is 0.0322. The lowest BCUT2D eigenvalue weighted by Crippen LogP contribution is -2.13. The summed E-state index contributed by atoms with van der Waals surface area (Å²) in [7, 11) is 3.26. The van der Waals surface area contributed by atoms with Gasteiger partial charge in [-0.2, -0.15) is 0 Å². The summed E-state index contributed by atoms with van der Waals surface area (Å²) in [4.78, 5) is 11.7. The number of carbonyl (C=O) groups is 1. The lowest BCUT2D eigenvalue weighted by Gasteiger charge is -2.07.